The second-order valence-electron chi connectivity index (χ2n) is 9.17. The summed E-state index contributed by atoms with van der Waals surface area (Å²) in [5.74, 6) is -2.95. The third kappa shape index (κ3) is 9.11. The Balaban J connectivity index is 1.73. The van der Waals surface area contributed by atoms with Gasteiger partial charge in [0.15, 0.2) is 0 Å². The van der Waals surface area contributed by atoms with Crippen LogP contribution in [0.5, 0.6) is 0 Å². The Morgan fingerprint density at radius 1 is 0.949 bits per heavy atom. The highest BCUT2D eigenvalue weighted by Crippen LogP contribution is 2.16. The summed E-state index contributed by atoms with van der Waals surface area (Å²) in [5.41, 5.74) is 6.91. The van der Waals surface area contributed by atoms with Gasteiger partial charge in [-0.05, 0) is 42.1 Å². The third-order valence-electron chi connectivity index (χ3n) is 6.18. The van der Waals surface area contributed by atoms with E-state index < -0.39 is 35.9 Å². The summed E-state index contributed by atoms with van der Waals surface area (Å²) in [6.07, 6.45) is 4.62. The van der Waals surface area contributed by atoms with Crippen LogP contribution < -0.4 is 21.7 Å². The molecule has 0 aliphatic heterocycles. The minimum absolute atomic E-state index is 0.0534. The van der Waals surface area contributed by atoms with E-state index in [1.807, 2.05) is 42.5 Å². The number of rotatable bonds is 15. The zero-order chi connectivity index (χ0) is 28.2. The number of H-pyrrole nitrogens is 1. The number of carboxylic acids is 1. The summed E-state index contributed by atoms with van der Waals surface area (Å²) < 4.78 is 0. The number of hydrogen-bond acceptors (Lipinski definition) is 7. The molecule has 3 aromatic rings. The Hall–Kier alpha value is -3.90. The number of nitrogens with one attached hydrogen (secondary N) is 4. The number of aromatic nitrogens is 2. The van der Waals surface area contributed by atoms with Crippen molar-refractivity contribution in [2.75, 3.05) is 12.3 Å². The molecule has 12 heteroatoms. The standard InChI is InChI=1S/C27H34N6O5S/c28-10-4-3-7-21(25(35)33-23(15-39)27(37)38)32-26(36)22(13-20-14-29-16-30-20)31-24(34)12-17-8-9-18-5-1-2-6-19(18)11-17/h1-2,5-6,8-9,11,14,16,21-23,39H,3-4,7,10,12-13,15,28H2,(H,29,30)(H,31,34)(H,32,36)(H,33,35)(H,37,38)/t21-,22?,23?/m0/s1. The molecule has 3 amide bonds. The lowest BCUT2D eigenvalue weighted by molar-refractivity contribution is -0.141. The van der Waals surface area contributed by atoms with Crippen LogP contribution >= 0.6 is 12.6 Å². The molecule has 2 aromatic carbocycles. The first-order valence-corrected chi connectivity index (χ1v) is 13.3. The minimum Gasteiger partial charge on any atom is -0.480 e. The summed E-state index contributed by atoms with van der Waals surface area (Å²) >= 11 is 3.98. The van der Waals surface area contributed by atoms with Gasteiger partial charge in [-0.15, -0.1) is 0 Å². The Kier molecular flexibility index (Phi) is 11.3. The van der Waals surface area contributed by atoms with Gasteiger partial charge in [0.2, 0.25) is 17.7 Å². The van der Waals surface area contributed by atoms with Gasteiger partial charge >= 0.3 is 5.97 Å². The predicted molar refractivity (Wildman–Crippen MR) is 150 cm³/mol. The van der Waals surface area contributed by atoms with Crippen LogP contribution in [0.2, 0.25) is 0 Å². The molecular formula is C27H34N6O5S. The molecule has 11 nitrogen and oxygen atoms in total. The van der Waals surface area contributed by atoms with Crippen LogP contribution in [-0.2, 0) is 32.0 Å². The maximum atomic E-state index is 13.4. The van der Waals surface area contributed by atoms with Crippen LogP contribution in [0.1, 0.15) is 30.5 Å². The highest BCUT2D eigenvalue weighted by Gasteiger charge is 2.29. The van der Waals surface area contributed by atoms with Crippen molar-refractivity contribution < 1.29 is 24.3 Å². The number of benzene rings is 2. The number of imidazole rings is 1. The number of nitrogens with zero attached hydrogens (tertiary/aromatic N) is 1. The van der Waals surface area contributed by atoms with E-state index in [1.54, 1.807) is 6.20 Å². The van der Waals surface area contributed by atoms with E-state index in [2.05, 4.69) is 38.5 Å². The molecule has 2 unspecified atom stereocenters. The Morgan fingerprint density at radius 2 is 1.67 bits per heavy atom. The zero-order valence-electron chi connectivity index (χ0n) is 21.4. The van der Waals surface area contributed by atoms with Crippen LogP contribution in [0.3, 0.4) is 0 Å². The van der Waals surface area contributed by atoms with Crippen LogP contribution in [0.25, 0.3) is 10.8 Å². The normalized spacial score (nSPS) is 13.3. The van der Waals surface area contributed by atoms with Gasteiger partial charge in [-0.1, -0.05) is 42.5 Å². The van der Waals surface area contributed by atoms with Crippen molar-refractivity contribution in [3.05, 3.63) is 66.2 Å². The maximum Gasteiger partial charge on any atom is 0.327 e. The fourth-order valence-electron chi connectivity index (χ4n) is 4.09. The summed E-state index contributed by atoms with van der Waals surface area (Å²) in [6, 6.07) is 10.3. The third-order valence-corrected chi connectivity index (χ3v) is 6.54. The van der Waals surface area contributed by atoms with Crippen LogP contribution in [0.4, 0.5) is 0 Å². The average molecular weight is 555 g/mol. The van der Waals surface area contributed by atoms with E-state index >= 15 is 0 Å². The van der Waals surface area contributed by atoms with Crippen molar-refractivity contribution in [3.8, 4) is 0 Å². The Bertz CT molecular complexity index is 1270. The van der Waals surface area contributed by atoms with Crippen LogP contribution in [0, 0.1) is 0 Å². The summed E-state index contributed by atoms with van der Waals surface area (Å²) in [4.78, 5) is 57.6. The topological polar surface area (TPSA) is 179 Å². The molecule has 3 atom stereocenters. The first-order valence-electron chi connectivity index (χ1n) is 12.7. The van der Waals surface area contributed by atoms with Crippen molar-refractivity contribution in [2.45, 2.75) is 50.2 Å². The van der Waals surface area contributed by atoms with Crippen molar-refractivity contribution >= 4 is 47.1 Å². The minimum atomic E-state index is -1.23. The molecule has 0 radical (unpaired) electrons. The number of unbranched alkanes of at least 4 members (excludes halogenated alkanes) is 1. The lowest BCUT2D eigenvalue weighted by atomic mass is 10.0. The Morgan fingerprint density at radius 3 is 2.33 bits per heavy atom. The molecule has 0 aliphatic rings. The summed E-state index contributed by atoms with van der Waals surface area (Å²) in [6.45, 7) is 0.406. The van der Waals surface area contributed by atoms with E-state index in [0.29, 0.717) is 25.1 Å². The molecule has 0 fully saturated rings. The number of nitrogens with two attached hydrogens (primary N) is 1. The summed E-state index contributed by atoms with van der Waals surface area (Å²) in [7, 11) is 0. The molecule has 1 heterocycles. The van der Waals surface area contributed by atoms with Crippen LogP contribution in [-0.4, -0.2) is 69.2 Å². The highest BCUT2D eigenvalue weighted by atomic mass is 32.1. The number of carboxylic acid groups (broad SMARTS) is 1. The van der Waals surface area contributed by atoms with Gasteiger partial charge < -0.3 is 31.8 Å². The van der Waals surface area contributed by atoms with Crippen molar-refractivity contribution in [1.29, 1.82) is 0 Å². The van der Waals surface area contributed by atoms with Gasteiger partial charge in [0.05, 0.1) is 18.4 Å². The van der Waals surface area contributed by atoms with E-state index in [-0.39, 0.29) is 30.9 Å². The average Bonchev–Trinajstić information content (AvgIpc) is 3.43. The number of amides is 3. The molecule has 0 spiro atoms. The molecule has 0 bridgehead atoms. The number of carbonyl (C=O) groups excluding carboxylic acids is 3. The highest BCUT2D eigenvalue weighted by molar-refractivity contribution is 7.80. The predicted octanol–water partition coefficient (Wildman–Crippen LogP) is 0.946. The summed E-state index contributed by atoms with van der Waals surface area (Å²) in [5, 5.41) is 19.2. The maximum absolute atomic E-state index is 13.4. The van der Waals surface area contributed by atoms with E-state index in [4.69, 9.17) is 5.73 Å². The first kappa shape index (κ1) is 29.7. The van der Waals surface area contributed by atoms with Crippen molar-refractivity contribution in [1.82, 2.24) is 25.9 Å². The van der Waals surface area contributed by atoms with Gasteiger partial charge in [0.25, 0.3) is 0 Å². The molecule has 1 aromatic heterocycles. The lowest BCUT2D eigenvalue weighted by Gasteiger charge is -2.24. The molecule has 208 valence electrons. The fourth-order valence-corrected chi connectivity index (χ4v) is 4.34. The van der Waals surface area contributed by atoms with Gasteiger partial charge in [0, 0.05) is 18.4 Å². The second-order valence-corrected chi connectivity index (χ2v) is 9.54. The number of hydrogen-bond donors (Lipinski definition) is 7. The molecule has 0 saturated carbocycles. The number of carbonyl (C=O) groups is 4. The second kappa shape index (κ2) is 14.9. The molecule has 7 N–H and O–H groups in total. The Labute approximate surface area is 231 Å². The smallest absolute Gasteiger partial charge is 0.327 e. The van der Waals surface area contributed by atoms with E-state index in [9.17, 15) is 24.3 Å². The van der Waals surface area contributed by atoms with E-state index in [0.717, 1.165) is 16.3 Å². The number of fused-ring (bicyclic) bond motifs is 1. The largest absolute Gasteiger partial charge is 0.480 e. The van der Waals surface area contributed by atoms with Gasteiger partial charge in [0.1, 0.15) is 18.1 Å². The van der Waals surface area contributed by atoms with Gasteiger partial charge in [-0.3, -0.25) is 14.4 Å². The number of aliphatic carboxylic acids is 1. The van der Waals surface area contributed by atoms with Crippen molar-refractivity contribution in [2.24, 2.45) is 5.73 Å². The SMILES string of the molecule is NCCCC[C@H](NC(=O)C(Cc1c[nH]cn1)NC(=O)Cc1ccc2ccccc2c1)C(=O)NC(CS)C(=O)O. The van der Waals surface area contributed by atoms with Crippen LogP contribution in [0.15, 0.2) is 55.0 Å². The van der Waals surface area contributed by atoms with Gasteiger partial charge in [-0.2, -0.15) is 12.6 Å². The van der Waals surface area contributed by atoms with Gasteiger partial charge in [-0.25, -0.2) is 9.78 Å². The zero-order valence-corrected chi connectivity index (χ0v) is 22.3. The number of thiol groups is 1. The monoisotopic (exact) mass is 554 g/mol. The van der Waals surface area contributed by atoms with Crippen molar-refractivity contribution in [3.63, 3.8) is 0 Å². The lowest BCUT2D eigenvalue weighted by Crippen LogP contribution is -2.56. The number of aromatic amines is 1. The first-order chi connectivity index (χ1) is 18.8. The molecule has 39 heavy (non-hydrogen) atoms. The molecule has 0 aliphatic carbocycles. The quantitative estimate of drug-likeness (QED) is 0.108. The molecule has 3 rings (SSSR count). The molecular weight excluding hydrogens is 520 g/mol. The van der Waals surface area contributed by atoms with E-state index in [1.165, 1.54) is 6.33 Å². The fraction of sp³-hybridized carbons (Fsp3) is 0.370. The molecule has 0 saturated heterocycles.